The monoisotopic (exact) mass is 391 g/mol. The second-order valence-electron chi connectivity index (χ2n) is 6.85. The van der Waals surface area contributed by atoms with Crippen LogP contribution in [0.1, 0.15) is 35.7 Å². The Morgan fingerprint density at radius 3 is 2.24 bits per heavy atom. The molecule has 0 atom stereocenters. The molecule has 0 saturated carbocycles. The molecule has 0 aliphatic rings. The molecule has 6 nitrogen and oxygen atoms in total. The fraction of sp³-hybridized carbons (Fsp3) is 0.217. The van der Waals surface area contributed by atoms with Gasteiger partial charge in [-0.1, -0.05) is 32.0 Å². The Hall–Kier alpha value is -3.54. The molecule has 2 aromatic carbocycles. The van der Waals surface area contributed by atoms with Gasteiger partial charge in [0.2, 0.25) is 0 Å². The fourth-order valence-electron chi connectivity index (χ4n) is 2.94. The molecule has 150 valence electrons. The summed E-state index contributed by atoms with van der Waals surface area (Å²) < 4.78 is 10.4. The quantitative estimate of drug-likeness (QED) is 0.578. The van der Waals surface area contributed by atoms with Crippen LogP contribution < -0.4 is 20.1 Å². The fourth-order valence-corrected chi connectivity index (χ4v) is 2.94. The zero-order chi connectivity index (χ0) is 20.8. The van der Waals surface area contributed by atoms with Gasteiger partial charge >= 0.3 is 0 Å². The van der Waals surface area contributed by atoms with E-state index in [9.17, 15) is 4.79 Å². The summed E-state index contributed by atoms with van der Waals surface area (Å²) in [6, 6.07) is 16.8. The van der Waals surface area contributed by atoms with Gasteiger partial charge in [-0.15, -0.1) is 0 Å². The van der Waals surface area contributed by atoms with E-state index >= 15 is 0 Å². The van der Waals surface area contributed by atoms with E-state index in [0.29, 0.717) is 28.8 Å². The molecule has 0 bridgehead atoms. The van der Waals surface area contributed by atoms with Gasteiger partial charge in [0.1, 0.15) is 17.3 Å². The number of methoxy groups -OCH3 is 2. The van der Waals surface area contributed by atoms with E-state index in [1.807, 2.05) is 24.3 Å². The summed E-state index contributed by atoms with van der Waals surface area (Å²) in [5.74, 6) is 1.67. The van der Waals surface area contributed by atoms with E-state index in [0.717, 1.165) is 11.4 Å². The maximum Gasteiger partial charge on any atom is 0.257 e. The van der Waals surface area contributed by atoms with E-state index in [2.05, 4.69) is 35.5 Å². The first-order valence-corrected chi connectivity index (χ1v) is 9.36. The van der Waals surface area contributed by atoms with Crippen LogP contribution >= 0.6 is 0 Å². The third-order valence-electron chi connectivity index (χ3n) is 4.48. The molecule has 29 heavy (non-hydrogen) atoms. The van der Waals surface area contributed by atoms with Crippen molar-refractivity contribution >= 4 is 23.1 Å². The molecule has 0 fully saturated rings. The molecular formula is C23H25N3O3. The number of nitrogens with zero attached hydrogens (tertiary/aromatic N) is 1. The second-order valence-corrected chi connectivity index (χ2v) is 6.85. The third-order valence-corrected chi connectivity index (χ3v) is 4.48. The van der Waals surface area contributed by atoms with Gasteiger partial charge in [0.15, 0.2) is 0 Å². The zero-order valence-electron chi connectivity index (χ0n) is 17.0. The van der Waals surface area contributed by atoms with Crippen molar-refractivity contribution < 1.29 is 14.3 Å². The number of carbonyl (C=O) groups is 1. The Bertz CT molecular complexity index is 963. The van der Waals surface area contributed by atoms with Crippen molar-refractivity contribution in [2.24, 2.45) is 0 Å². The summed E-state index contributed by atoms with van der Waals surface area (Å²) in [5, 5.41) is 6.18. The predicted octanol–water partition coefficient (Wildman–Crippen LogP) is 5.22. The van der Waals surface area contributed by atoms with Crippen molar-refractivity contribution in [2.75, 3.05) is 24.9 Å². The molecule has 0 radical (unpaired) electrons. The lowest BCUT2D eigenvalue weighted by Crippen LogP contribution is -2.13. The SMILES string of the molecule is COc1cc(OC)cc(C(=O)Nc2ccc(Nc3ccccc3C(C)C)cn2)c1. The molecule has 0 saturated heterocycles. The highest BCUT2D eigenvalue weighted by molar-refractivity contribution is 6.04. The highest BCUT2D eigenvalue weighted by Gasteiger charge is 2.11. The largest absolute Gasteiger partial charge is 0.497 e. The number of pyridine rings is 1. The van der Waals surface area contributed by atoms with Crippen LogP contribution in [0.25, 0.3) is 0 Å². The summed E-state index contributed by atoms with van der Waals surface area (Å²) in [6.45, 7) is 4.32. The maximum absolute atomic E-state index is 12.6. The van der Waals surface area contributed by atoms with Crippen LogP contribution in [0, 0.1) is 0 Å². The van der Waals surface area contributed by atoms with Gasteiger partial charge in [0.25, 0.3) is 5.91 Å². The number of amides is 1. The number of benzene rings is 2. The second kappa shape index (κ2) is 9.10. The average Bonchev–Trinajstić information content (AvgIpc) is 2.74. The molecule has 0 aliphatic heterocycles. The van der Waals surface area contributed by atoms with Crippen LogP contribution in [-0.2, 0) is 0 Å². The number of ether oxygens (including phenoxy) is 2. The molecule has 1 heterocycles. The number of anilines is 3. The summed E-state index contributed by atoms with van der Waals surface area (Å²) in [5.41, 5.74) is 3.55. The van der Waals surface area contributed by atoms with Gasteiger partial charge in [-0.2, -0.15) is 0 Å². The molecule has 1 aromatic heterocycles. The predicted molar refractivity (Wildman–Crippen MR) is 116 cm³/mol. The van der Waals surface area contributed by atoms with Crippen LogP contribution in [0.5, 0.6) is 11.5 Å². The van der Waals surface area contributed by atoms with E-state index in [1.165, 1.54) is 5.56 Å². The number of aromatic nitrogens is 1. The number of rotatable bonds is 7. The van der Waals surface area contributed by atoms with Crippen molar-refractivity contribution in [3.63, 3.8) is 0 Å². The molecule has 0 aliphatic carbocycles. The lowest BCUT2D eigenvalue weighted by Gasteiger charge is -2.14. The standard InChI is InChI=1S/C23H25N3O3/c1-15(2)20-7-5-6-8-21(20)25-17-9-10-22(24-14-17)26-23(27)16-11-18(28-3)13-19(12-16)29-4/h5-15,25H,1-4H3,(H,24,26,27). The lowest BCUT2D eigenvalue weighted by atomic mass is 10.0. The third kappa shape index (κ3) is 5.04. The van der Waals surface area contributed by atoms with Gasteiger partial charge in [-0.3, -0.25) is 4.79 Å². The Kier molecular flexibility index (Phi) is 6.34. The molecule has 1 amide bonds. The summed E-state index contributed by atoms with van der Waals surface area (Å²) in [7, 11) is 3.09. The lowest BCUT2D eigenvalue weighted by molar-refractivity contribution is 0.102. The number of nitrogens with one attached hydrogen (secondary N) is 2. The minimum absolute atomic E-state index is 0.291. The van der Waals surface area contributed by atoms with Crippen LogP contribution in [0.2, 0.25) is 0 Å². The number of carbonyl (C=O) groups excluding carboxylic acids is 1. The first-order valence-electron chi connectivity index (χ1n) is 9.36. The van der Waals surface area contributed by atoms with Crippen molar-refractivity contribution in [1.82, 2.24) is 4.98 Å². The van der Waals surface area contributed by atoms with Crippen LogP contribution in [0.4, 0.5) is 17.2 Å². The minimum Gasteiger partial charge on any atom is -0.497 e. The summed E-state index contributed by atoms with van der Waals surface area (Å²) >= 11 is 0. The Morgan fingerprint density at radius 1 is 0.966 bits per heavy atom. The number of para-hydroxylation sites is 1. The normalized spacial score (nSPS) is 10.5. The summed E-state index contributed by atoms with van der Waals surface area (Å²) in [4.78, 5) is 16.9. The molecule has 6 heteroatoms. The number of hydrogen-bond acceptors (Lipinski definition) is 5. The molecule has 0 spiro atoms. The first-order chi connectivity index (χ1) is 14.0. The highest BCUT2D eigenvalue weighted by atomic mass is 16.5. The van der Waals surface area contributed by atoms with Crippen LogP contribution in [-0.4, -0.2) is 25.1 Å². The van der Waals surface area contributed by atoms with Crippen molar-refractivity contribution in [3.8, 4) is 11.5 Å². The first kappa shape index (κ1) is 20.2. The van der Waals surface area contributed by atoms with Crippen molar-refractivity contribution in [2.45, 2.75) is 19.8 Å². The van der Waals surface area contributed by atoms with E-state index in [-0.39, 0.29) is 5.91 Å². The van der Waals surface area contributed by atoms with E-state index < -0.39 is 0 Å². The van der Waals surface area contributed by atoms with Crippen molar-refractivity contribution in [1.29, 1.82) is 0 Å². The molecule has 0 unspecified atom stereocenters. The van der Waals surface area contributed by atoms with Gasteiger partial charge in [0, 0.05) is 17.3 Å². The molecular weight excluding hydrogens is 366 g/mol. The Labute approximate surface area is 170 Å². The van der Waals surface area contributed by atoms with E-state index in [1.54, 1.807) is 44.7 Å². The topological polar surface area (TPSA) is 72.5 Å². The van der Waals surface area contributed by atoms with Gasteiger partial charge in [0.05, 0.1) is 26.1 Å². The van der Waals surface area contributed by atoms with Gasteiger partial charge in [-0.25, -0.2) is 4.98 Å². The van der Waals surface area contributed by atoms with Gasteiger partial charge < -0.3 is 20.1 Å². The number of hydrogen-bond donors (Lipinski definition) is 2. The van der Waals surface area contributed by atoms with E-state index in [4.69, 9.17) is 9.47 Å². The zero-order valence-corrected chi connectivity index (χ0v) is 17.0. The maximum atomic E-state index is 12.6. The van der Waals surface area contributed by atoms with Crippen LogP contribution in [0.15, 0.2) is 60.8 Å². The molecule has 2 N–H and O–H groups in total. The minimum atomic E-state index is -0.291. The van der Waals surface area contributed by atoms with Crippen LogP contribution in [0.3, 0.4) is 0 Å². The molecule has 3 rings (SSSR count). The van der Waals surface area contributed by atoms with Gasteiger partial charge in [-0.05, 0) is 41.8 Å². The Balaban J connectivity index is 1.72. The Morgan fingerprint density at radius 2 is 1.66 bits per heavy atom. The summed E-state index contributed by atoms with van der Waals surface area (Å²) in [6.07, 6.45) is 1.69. The average molecular weight is 391 g/mol. The van der Waals surface area contributed by atoms with Crippen molar-refractivity contribution in [3.05, 3.63) is 71.9 Å². The smallest absolute Gasteiger partial charge is 0.257 e. The molecule has 3 aromatic rings. The highest BCUT2D eigenvalue weighted by Crippen LogP contribution is 2.27.